The van der Waals surface area contributed by atoms with Crippen molar-refractivity contribution in [3.8, 4) is 0 Å². The fraction of sp³-hybridized carbons (Fsp3) is 0.923. The third kappa shape index (κ3) is 4.64. The normalized spacial score (nSPS) is 19.3. The van der Waals surface area contributed by atoms with Gasteiger partial charge in [-0.1, -0.05) is 13.8 Å². The largest absolute Gasteiger partial charge is 0.368 e. The molecule has 0 aromatic rings. The van der Waals surface area contributed by atoms with Crippen LogP contribution in [-0.4, -0.2) is 42.5 Å². The van der Waals surface area contributed by atoms with Crippen LogP contribution in [0.2, 0.25) is 0 Å². The number of carbonyl (C=O) groups is 1. The molecule has 1 saturated carbocycles. The molecule has 0 bridgehead atoms. The molecule has 1 aliphatic rings. The molecule has 1 atom stereocenters. The maximum atomic E-state index is 11.6. The van der Waals surface area contributed by atoms with Gasteiger partial charge in [0.2, 0.25) is 5.91 Å². The lowest BCUT2D eigenvalue weighted by Gasteiger charge is -2.33. The average molecular weight is 241 g/mol. The van der Waals surface area contributed by atoms with Crippen molar-refractivity contribution >= 4 is 5.91 Å². The Morgan fingerprint density at radius 3 is 2.53 bits per heavy atom. The third-order valence-corrected chi connectivity index (χ3v) is 3.40. The van der Waals surface area contributed by atoms with Gasteiger partial charge in [0.05, 0.1) is 0 Å². The molecule has 1 amide bonds. The summed E-state index contributed by atoms with van der Waals surface area (Å²) in [6, 6.07) is 0. The van der Waals surface area contributed by atoms with E-state index >= 15 is 0 Å². The van der Waals surface area contributed by atoms with Crippen molar-refractivity contribution in [2.75, 3.05) is 26.2 Å². The molecule has 17 heavy (non-hydrogen) atoms. The monoisotopic (exact) mass is 241 g/mol. The number of nitrogens with one attached hydrogen (secondary N) is 1. The van der Waals surface area contributed by atoms with Crippen molar-refractivity contribution in [2.24, 2.45) is 11.7 Å². The minimum Gasteiger partial charge on any atom is -0.368 e. The fourth-order valence-electron chi connectivity index (χ4n) is 2.28. The van der Waals surface area contributed by atoms with Crippen molar-refractivity contribution in [1.82, 2.24) is 10.2 Å². The fourth-order valence-corrected chi connectivity index (χ4v) is 2.28. The van der Waals surface area contributed by atoms with Crippen LogP contribution < -0.4 is 11.1 Å². The van der Waals surface area contributed by atoms with Crippen LogP contribution in [0.25, 0.3) is 0 Å². The molecular weight excluding hydrogens is 214 g/mol. The first-order valence-electron chi connectivity index (χ1n) is 6.79. The highest BCUT2D eigenvalue weighted by atomic mass is 16.1. The van der Waals surface area contributed by atoms with E-state index in [4.69, 9.17) is 5.73 Å². The van der Waals surface area contributed by atoms with Crippen LogP contribution in [-0.2, 0) is 4.79 Å². The van der Waals surface area contributed by atoms with Crippen molar-refractivity contribution in [2.45, 2.75) is 45.6 Å². The first-order chi connectivity index (χ1) is 8.01. The molecular formula is C13H27N3O. The second-order valence-corrected chi connectivity index (χ2v) is 5.41. The Balaban J connectivity index is 2.56. The highest BCUT2D eigenvalue weighted by molar-refractivity contribution is 5.84. The Morgan fingerprint density at radius 2 is 2.12 bits per heavy atom. The van der Waals surface area contributed by atoms with E-state index in [1.54, 1.807) is 0 Å². The summed E-state index contributed by atoms with van der Waals surface area (Å²) in [6.45, 7) is 9.74. The molecule has 4 heteroatoms. The first-order valence-corrected chi connectivity index (χ1v) is 6.79. The van der Waals surface area contributed by atoms with E-state index in [0.29, 0.717) is 0 Å². The van der Waals surface area contributed by atoms with Crippen LogP contribution in [0.4, 0.5) is 0 Å². The van der Waals surface area contributed by atoms with Gasteiger partial charge in [0.25, 0.3) is 0 Å². The summed E-state index contributed by atoms with van der Waals surface area (Å²) in [7, 11) is 0. The van der Waals surface area contributed by atoms with Crippen molar-refractivity contribution in [3.63, 3.8) is 0 Å². The van der Waals surface area contributed by atoms with Crippen LogP contribution in [0.1, 0.15) is 40.0 Å². The van der Waals surface area contributed by atoms with Crippen LogP contribution in [0.15, 0.2) is 0 Å². The second-order valence-electron chi connectivity index (χ2n) is 5.41. The minimum atomic E-state index is -0.598. The molecule has 1 unspecified atom stereocenters. The van der Waals surface area contributed by atoms with Gasteiger partial charge < -0.3 is 16.0 Å². The lowest BCUT2D eigenvalue weighted by molar-refractivity contribution is -0.124. The molecule has 1 aliphatic carbocycles. The number of rotatable bonds is 9. The topological polar surface area (TPSA) is 58.4 Å². The van der Waals surface area contributed by atoms with E-state index in [0.717, 1.165) is 38.5 Å². The van der Waals surface area contributed by atoms with Crippen molar-refractivity contribution in [1.29, 1.82) is 0 Å². The van der Waals surface area contributed by atoms with Gasteiger partial charge in [0.1, 0.15) is 5.54 Å². The standard InChI is InChI=1S/C13H27N3O/c1-4-8-16(9-11-6-7-11)10-13(3,12(14)17)15-5-2/h11,15H,4-10H2,1-3H3,(H2,14,17). The van der Waals surface area contributed by atoms with E-state index < -0.39 is 5.54 Å². The van der Waals surface area contributed by atoms with E-state index in [1.165, 1.54) is 12.8 Å². The number of amides is 1. The van der Waals surface area contributed by atoms with Crippen molar-refractivity contribution < 1.29 is 4.79 Å². The highest BCUT2D eigenvalue weighted by Gasteiger charge is 2.34. The Hall–Kier alpha value is -0.610. The smallest absolute Gasteiger partial charge is 0.238 e. The Bertz CT molecular complexity index is 253. The Morgan fingerprint density at radius 1 is 1.47 bits per heavy atom. The molecule has 0 heterocycles. The average Bonchev–Trinajstić information content (AvgIpc) is 3.02. The maximum Gasteiger partial charge on any atom is 0.238 e. The van der Waals surface area contributed by atoms with E-state index in [1.807, 2.05) is 13.8 Å². The zero-order valence-corrected chi connectivity index (χ0v) is 11.5. The predicted molar refractivity (Wildman–Crippen MR) is 70.7 cm³/mol. The number of hydrogen-bond acceptors (Lipinski definition) is 3. The van der Waals surface area contributed by atoms with E-state index in [2.05, 4.69) is 17.1 Å². The first kappa shape index (κ1) is 14.5. The number of carbonyl (C=O) groups excluding carboxylic acids is 1. The quantitative estimate of drug-likeness (QED) is 0.632. The summed E-state index contributed by atoms with van der Waals surface area (Å²) in [5.41, 5.74) is 4.92. The molecule has 1 rings (SSSR count). The molecule has 1 fully saturated rings. The van der Waals surface area contributed by atoms with Gasteiger partial charge in [-0.25, -0.2) is 0 Å². The van der Waals surface area contributed by atoms with Crippen LogP contribution in [0, 0.1) is 5.92 Å². The van der Waals surface area contributed by atoms with Gasteiger partial charge in [-0.2, -0.15) is 0 Å². The summed E-state index contributed by atoms with van der Waals surface area (Å²) in [6.07, 6.45) is 3.80. The molecule has 0 spiro atoms. The van der Waals surface area contributed by atoms with Gasteiger partial charge in [0.15, 0.2) is 0 Å². The highest BCUT2D eigenvalue weighted by Crippen LogP contribution is 2.30. The summed E-state index contributed by atoms with van der Waals surface area (Å²) in [5, 5.41) is 3.22. The van der Waals surface area contributed by atoms with Crippen LogP contribution in [0.3, 0.4) is 0 Å². The number of primary amides is 1. The molecule has 100 valence electrons. The van der Waals surface area contributed by atoms with E-state index in [9.17, 15) is 4.79 Å². The Kier molecular flexibility index (Phi) is 5.40. The maximum absolute atomic E-state index is 11.6. The number of nitrogens with zero attached hydrogens (tertiary/aromatic N) is 1. The molecule has 4 nitrogen and oxygen atoms in total. The molecule has 0 aromatic carbocycles. The zero-order valence-electron chi connectivity index (χ0n) is 11.5. The number of hydrogen-bond donors (Lipinski definition) is 2. The molecule has 0 saturated heterocycles. The van der Waals surface area contributed by atoms with Crippen LogP contribution >= 0.6 is 0 Å². The summed E-state index contributed by atoms with van der Waals surface area (Å²) in [5.74, 6) is 0.594. The molecule has 0 radical (unpaired) electrons. The lowest BCUT2D eigenvalue weighted by atomic mass is 10.0. The summed E-state index contributed by atoms with van der Waals surface area (Å²) < 4.78 is 0. The third-order valence-electron chi connectivity index (χ3n) is 3.40. The lowest BCUT2D eigenvalue weighted by Crippen LogP contribution is -2.59. The van der Waals surface area contributed by atoms with Gasteiger partial charge in [-0.3, -0.25) is 4.79 Å². The Labute approximate surface area is 105 Å². The van der Waals surface area contributed by atoms with Gasteiger partial charge >= 0.3 is 0 Å². The predicted octanol–water partition coefficient (Wildman–Crippen LogP) is 0.962. The second kappa shape index (κ2) is 6.36. The zero-order chi connectivity index (χ0) is 12.9. The number of nitrogens with two attached hydrogens (primary N) is 1. The minimum absolute atomic E-state index is 0.253. The van der Waals surface area contributed by atoms with Crippen molar-refractivity contribution in [3.05, 3.63) is 0 Å². The van der Waals surface area contributed by atoms with Gasteiger partial charge in [-0.15, -0.1) is 0 Å². The number of likely N-dealkylation sites (N-methyl/N-ethyl adjacent to an activating group) is 1. The molecule has 0 aliphatic heterocycles. The van der Waals surface area contributed by atoms with E-state index in [-0.39, 0.29) is 5.91 Å². The SMILES string of the molecule is CCCN(CC1CC1)CC(C)(NCC)C(N)=O. The van der Waals surface area contributed by atoms with Gasteiger partial charge in [0, 0.05) is 13.1 Å². The van der Waals surface area contributed by atoms with Gasteiger partial charge in [-0.05, 0) is 45.2 Å². The summed E-state index contributed by atoms with van der Waals surface area (Å²) in [4.78, 5) is 14.0. The molecule has 3 N–H and O–H groups in total. The summed E-state index contributed by atoms with van der Waals surface area (Å²) >= 11 is 0. The molecule has 0 aromatic heterocycles. The van der Waals surface area contributed by atoms with Crippen LogP contribution in [0.5, 0.6) is 0 Å².